The van der Waals surface area contributed by atoms with E-state index >= 15 is 0 Å². The Labute approximate surface area is 159 Å². The van der Waals surface area contributed by atoms with E-state index in [9.17, 15) is 4.79 Å². The summed E-state index contributed by atoms with van der Waals surface area (Å²) in [6, 6.07) is 12.8. The molecular weight excluding hydrogens is 338 g/mol. The van der Waals surface area contributed by atoms with Gasteiger partial charge in [0.25, 0.3) is 5.91 Å². The van der Waals surface area contributed by atoms with Crippen LogP contribution < -0.4 is 5.32 Å². The van der Waals surface area contributed by atoms with Crippen molar-refractivity contribution < 1.29 is 4.79 Å². The molecule has 1 fully saturated rings. The summed E-state index contributed by atoms with van der Waals surface area (Å²) in [6.07, 6.45) is 3.94. The molecule has 0 spiro atoms. The van der Waals surface area contributed by atoms with Crippen molar-refractivity contribution in [2.75, 3.05) is 13.1 Å². The maximum Gasteiger partial charge on any atom is 0.254 e. The molecular formula is C21H25N5O. The van der Waals surface area contributed by atoms with Crippen LogP contribution in [0.5, 0.6) is 0 Å². The molecule has 0 bridgehead atoms. The quantitative estimate of drug-likeness (QED) is 0.757. The van der Waals surface area contributed by atoms with Crippen molar-refractivity contribution in [1.82, 2.24) is 24.8 Å². The molecule has 2 aromatic heterocycles. The van der Waals surface area contributed by atoms with Crippen LogP contribution in [0.1, 0.15) is 40.2 Å². The lowest BCUT2D eigenvalue weighted by Crippen LogP contribution is -2.40. The molecule has 0 saturated carbocycles. The second kappa shape index (κ2) is 7.48. The minimum atomic E-state index is -0.0818. The van der Waals surface area contributed by atoms with Gasteiger partial charge < -0.3 is 5.32 Å². The minimum Gasteiger partial charge on any atom is -0.350 e. The molecule has 27 heavy (non-hydrogen) atoms. The Morgan fingerprint density at radius 2 is 2.07 bits per heavy atom. The lowest BCUT2D eigenvalue weighted by atomic mass is 10.1. The van der Waals surface area contributed by atoms with Crippen molar-refractivity contribution in [3.8, 4) is 0 Å². The van der Waals surface area contributed by atoms with Gasteiger partial charge >= 0.3 is 0 Å². The van der Waals surface area contributed by atoms with E-state index in [1.54, 1.807) is 10.7 Å². The molecule has 140 valence electrons. The number of hydrogen-bond acceptors (Lipinski definition) is 4. The van der Waals surface area contributed by atoms with Gasteiger partial charge in [-0.1, -0.05) is 30.3 Å². The van der Waals surface area contributed by atoms with Gasteiger partial charge in [-0.3, -0.25) is 9.69 Å². The summed E-state index contributed by atoms with van der Waals surface area (Å²) in [6.45, 7) is 6.50. The number of likely N-dealkylation sites (tertiary alicyclic amines) is 1. The van der Waals surface area contributed by atoms with Gasteiger partial charge in [-0.2, -0.15) is 5.10 Å². The van der Waals surface area contributed by atoms with E-state index in [1.807, 2.05) is 26.0 Å². The Balaban J connectivity index is 1.42. The second-order valence-electron chi connectivity index (χ2n) is 7.28. The van der Waals surface area contributed by atoms with E-state index in [0.717, 1.165) is 36.5 Å². The number of aromatic nitrogens is 3. The summed E-state index contributed by atoms with van der Waals surface area (Å²) in [4.78, 5) is 19.5. The molecule has 6 heteroatoms. The van der Waals surface area contributed by atoms with E-state index in [0.29, 0.717) is 18.2 Å². The molecule has 4 rings (SSSR count). The first-order valence-corrected chi connectivity index (χ1v) is 9.50. The average molecular weight is 363 g/mol. The second-order valence-corrected chi connectivity index (χ2v) is 7.28. The summed E-state index contributed by atoms with van der Waals surface area (Å²) < 4.78 is 1.74. The number of hydrogen-bond donors (Lipinski definition) is 1. The number of rotatable bonds is 5. The molecule has 1 N–H and O–H groups in total. The summed E-state index contributed by atoms with van der Waals surface area (Å²) in [5.41, 5.74) is 4.38. The summed E-state index contributed by atoms with van der Waals surface area (Å²) >= 11 is 0. The Hall–Kier alpha value is -2.73. The Morgan fingerprint density at radius 3 is 2.89 bits per heavy atom. The lowest BCUT2D eigenvalue weighted by molar-refractivity contribution is 0.0938. The monoisotopic (exact) mass is 363 g/mol. The summed E-state index contributed by atoms with van der Waals surface area (Å²) in [7, 11) is 0. The van der Waals surface area contributed by atoms with Gasteiger partial charge in [0.15, 0.2) is 5.65 Å². The van der Waals surface area contributed by atoms with E-state index in [4.69, 9.17) is 0 Å². The Bertz CT molecular complexity index is 950. The maximum atomic E-state index is 12.7. The van der Waals surface area contributed by atoms with Crippen molar-refractivity contribution in [1.29, 1.82) is 0 Å². The highest BCUT2D eigenvalue weighted by Crippen LogP contribution is 2.20. The number of carbonyl (C=O) groups excluding carboxylic acids is 1. The van der Waals surface area contributed by atoms with Crippen molar-refractivity contribution in [2.24, 2.45) is 0 Å². The first kappa shape index (κ1) is 17.7. The van der Waals surface area contributed by atoms with Gasteiger partial charge in [-0.05, 0) is 38.8 Å². The van der Waals surface area contributed by atoms with Crippen molar-refractivity contribution >= 4 is 11.6 Å². The van der Waals surface area contributed by atoms with Crippen LogP contribution in [0.3, 0.4) is 0 Å². The van der Waals surface area contributed by atoms with Gasteiger partial charge in [-0.15, -0.1) is 0 Å². The first-order chi connectivity index (χ1) is 13.1. The number of benzene rings is 1. The van der Waals surface area contributed by atoms with Gasteiger partial charge in [0.2, 0.25) is 0 Å². The summed E-state index contributed by atoms with van der Waals surface area (Å²) in [5, 5.41) is 7.53. The third kappa shape index (κ3) is 3.71. The smallest absolute Gasteiger partial charge is 0.254 e. The van der Waals surface area contributed by atoms with Crippen molar-refractivity contribution in [2.45, 2.75) is 39.3 Å². The van der Waals surface area contributed by atoms with Crippen LogP contribution in [0.2, 0.25) is 0 Å². The van der Waals surface area contributed by atoms with Crippen LogP contribution >= 0.6 is 0 Å². The normalized spacial score (nSPS) is 17.5. The molecule has 6 nitrogen and oxygen atoms in total. The highest BCUT2D eigenvalue weighted by molar-refractivity contribution is 5.95. The largest absolute Gasteiger partial charge is 0.350 e. The van der Waals surface area contributed by atoms with E-state index in [1.165, 1.54) is 12.0 Å². The molecule has 1 amide bonds. The molecule has 1 atom stereocenters. The predicted molar refractivity (Wildman–Crippen MR) is 105 cm³/mol. The number of nitrogens with one attached hydrogen (secondary N) is 1. The molecule has 1 saturated heterocycles. The van der Waals surface area contributed by atoms with E-state index < -0.39 is 0 Å². The van der Waals surface area contributed by atoms with Crippen LogP contribution in [0.25, 0.3) is 5.65 Å². The maximum absolute atomic E-state index is 12.7. The zero-order chi connectivity index (χ0) is 18.8. The molecule has 0 aliphatic carbocycles. The van der Waals surface area contributed by atoms with Crippen molar-refractivity contribution in [3.05, 3.63) is 65.1 Å². The number of fused-ring (bicyclic) bond motifs is 1. The van der Waals surface area contributed by atoms with Gasteiger partial charge in [0.05, 0.1) is 17.0 Å². The SMILES string of the molecule is Cc1cc2ncc(C(=O)NCC3CCCN3Cc3ccccc3)c(C)n2n1. The van der Waals surface area contributed by atoms with Crippen LogP contribution in [-0.4, -0.2) is 44.5 Å². The number of aryl methyl sites for hydroxylation is 2. The van der Waals surface area contributed by atoms with Crippen LogP contribution in [0.4, 0.5) is 0 Å². The Kier molecular flexibility index (Phi) is 4.90. The summed E-state index contributed by atoms with van der Waals surface area (Å²) in [5.74, 6) is -0.0818. The fraction of sp³-hybridized carbons (Fsp3) is 0.381. The lowest BCUT2D eigenvalue weighted by Gasteiger charge is -2.25. The molecule has 1 aliphatic rings. The molecule has 1 aliphatic heterocycles. The van der Waals surface area contributed by atoms with Crippen molar-refractivity contribution in [3.63, 3.8) is 0 Å². The molecule has 1 aromatic carbocycles. The van der Waals surface area contributed by atoms with E-state index in [2.05, 4.69) is 44.6 Å². The van der Waals surface area contributed by atoms with Gasteiger partial charge in [0, 0.05) is 31.4 Å². The highest BCUT2D eigenvalue weighted by atomic mass is 16.1. The number of nitrogens with zero attached hydrogens (tertiary/aromatic N) is 4. The topological polar surface area (TPSA) is 62.5 Å². The zero-order valence-electron chi connectivity index (χ0n) is 15.9. The molecule has 1 unspecified atom stereocenters. The molecule has 3 aromatic rings. The van der Waals surface area contributed by atoms with Crippen LogP contribution in [0.15, 0.2) is 42.6 Å². The number of carbonyl (C=O) groups is 1. The predicted octanol–water partition coefficient (Wildman–Crippen LogP) is 2.74. The number of amides is 1. The minimum absolute atomic E-state index is 0.0818. The fourth-order valence-corrected chi connectivity index (χ4v) is 3.84. The standard InChI is InChI=1S/C21H25N5O/c1-15-11-20-22-13-19(16(2)26(20)24-15)21(27)23-12-18-9-6-10-25(18)14-17-7-4-3-5-8-17/h3-5,7-8,11,13,18H,6,9-10,12,14H2,1-2H3,(H,23,27). The third-order valence-electron chi connectivity index (χ3n) is 5.32. The molecule has 0 radical (unpaired) electrons. The molecule has 3 heterocycles. The first-order valence-electron chi connectivity index (χ1n) is 9.50. The zero-order valence-corrected chi connectivity index (χ0v) is 15.9. The van der Waals surface area contributed by atoms with Crippen LogP contribution in [0, 0.1) is 13.8 Å². The van der Waals surface area contributed by atoms with E-state index in [-0.39, 0.29) is 5.91 Å². The Morgan fingerprint density at radius 1 is 1.26 bits per heavy atom. The third-order valence-corrected chi connectivity index (χ3v) is 5.32. The van der Waals surface area contributed by atoms with Gasteiger partial charge in [-0.25, -0.2) is 9.50 Å². The fourth-order valence-electron chi connectivity index (χ4n) is 3.84. The van der Waals surface area contributed by atoms with Gasteiger partial charge in [0.1, 0.15) is 0 Å². The average Bonchev–Trinajstić information content (AvgIpc) is 3.27. The van der Waals surface area contributed by atoms with Crippen LogP contribution in [-0.2, 0) is 6.54 Å². The highest BCUT2D eigenvalue weighted by Gasteiger charge is 2.25.